The predicted molar refractivity (Wildman–Crippen MR) is 89.6 cm³/mol. The number of benzene rings is 1. The van der Waals surface area contributed by atoms with Crippen LogP contribution in [0.1, 0.15) is 0 Å². The summed E-state index contributed by atoms with van der Waals surface area (Å²) in [7, 11) is 0. The van der Waals surface area contributed by atoms with Crippen LogP contribution in [0.25, 0.3) is 11.0 Å². The van der Waals surface area contributed by atoms with Gasteiger partial charge in [-0.15, -0.1) is 0 Å². The molecule has 0 amide bonds. The summed E-state index contributed by atoms with van der Waals surface area (Å²) < 4.78 is 2.14. The molecule has 1 aromatic carbocycles. The number of H-pyrrole nitrogens is 1. The third-order valence-corrected chi connectivity index (χ3v) is 4.95. The summed E-state index contributed by atoms with van der Waals surface area (Å²) >= 11 is 5.72. The van der Waals surface area contributed by atoms with E-state index in [9.17, 15) is 0 Å². The standard InChI is InChI=1S/C11H9BrIN7/c12-7-2-1-5(3-8(7)13)16-9-6-4-15-20-10(6)18-11(17-9)19-14/h1-4H,14H2,(H3,15,16,17,18,19,20). The van der Waals surface area contributed by atoms with Gasteiger partial charge in [0.2, 0.25) is 5.95 Å². The Morgan fingerprint density at radius 1 is 1.30 bits per heavy atom. The van der Waals surface area contributed by atoms with Crippen LogP contribution in [-0.2, 0) is 0 Å². The fourth-order valence-electron chi connectivity index (χ4n) is 1.71. The first kappa shape index (κ1) is 13.5. The number of hydrogen-bond donors (Lipinski definition) is 4. The minimum atomic E-state index is 0.316. The minimum absolute atomic E-state index is 0.316. The first-order valence-electron chi connectivity index (χ1n) is 5.57. The van der Waals surface area contributed by atoms with E-state index in [1.165, 1.54) is 0 Å². The molecule has 2 heterocycles. The number of nitrogen functional groups attached to an aromatic ring is 1. The maximum atomic E-state index is 5.37. The zero-order chi connectivity index (χ0) is 14.1. The Labute approximate surface area is 136 Å². The van der Waals surface area contributed by atoms with Crippen molar-refractivity contribution < 1.29 is 0 Å². The van der Waals surface area contributed by atoms with Gasteiger partial charge in [-0.2, -0.15) is 15.1 Å². The number of nitrogens with two attached hydrogens (primary N) is 1. The minimum Gasteiger partial charge on any atom is -0.339 e. The number of hydrazine groups is 1. The molecule has 3 aromatic rings. The van der Waals surface area contributed by atoms with Crippen LogP contribution in [0.5, 0.6) is 0 Å². The van der Waals surface area contributed by atoms with Gasteiger partial charge in [-0.1, -0.05) is 0 Å². The van der Waals surface area contributed by atoms with Crippen LogP contribution < -0.4 is 16.6 Å². The maximum Gasteiger partial charge on any atom is 0.241 e. The molecular formula is C11H9BrIN7. The van der Waals surface area contributed by atoms with E-state index >= 15 is 0 Å². The van der Waals surface area contributed by atoms with Gasteiger partial charge in [0.1, 0.15) is 5.82 Å². The van der Waals surface area contributed by atoms with Crippen molar-refractivity contribution in [2.24, 2.45) is 5.84 Å². The van der Waals surface area contributed by atoms with Crippen molar-refractivity contribution in [3.8, 4) is 0 Å². The number of aromatic amines is 1. The monoisotopic (exact) mass is 445 g/mol. The van der Waals surface area contributed by atoms with Gasteiger partial charge in [0.15, 0.2) is 5.65 Å². The molecule has 0 radical (unpaired) electrons. The average molecular weight is 446 g/mol. The molecule has 0 unspecified atom stereocenters. The molecule has 102 valence electrons. The number of nitrogens with one attached hydrogen (secondary N) is 3. The molecule has 7 nitrogen and oxygen atoms in total. The van der Waals surface area contributed by atoms with Gasteiger partial charge in [-0.25, -0.2) is 5.84 Å². The second-order valence-corrected chi connectivity index (χ2v) is 5.94. The van der Waals surface area contributed by atoms with Gasteiger partial charge in [0.25, 0.3) is 0 Å². The van der Waals surface area contributed by atoms with E-state index < -0.39 is 0 Å². The third-order valence-electron chi connectivity index (χ3n) is 2.62. The summed E-state index contributed by atoms with van der Waals surface area (Å²) in [6, 6.07) is 5.93. The zero-order valence-corrected chi connectivity index (χ0v) is 13.7. The van der Waals surface area contributed by atoms with Gasteiger partial charge >= 0.3 is 0 Å². The third kappa shape index (κ3) is 2.55. The number of hydrogen-bond acceptors (Lipinski definition) is 6. The van der Waals surface area contributed by atoms with Crippen LogP contribution in [-0.4, -0.2) is 20.2 Å². The molecule has 5 N–H and O–H groups in total. The molecule has 0 atom stereocenters. The highest BCUT2D eigenvalue weighted by Gasteiger charge is 2.09. The molecule has 0 aliphatic rings. The Balaban J connectivity index is 2.04. The van der Waals surface area contributed by atoms with Crippen molar-refractivity contribution in [1.82, 2.24) is 20.2 Å². The van der Waals surface area contributed by atoms with Gasteiger partial charge in [0.05, 0.1) is 11.6 Å². The van der Waals surface area contributed by atoms with Crippen LogP contribution in [0.4, 0.5) is 17.5 Å². The predicted octanol–water partition coefficient (Wildman–Crippen LogP) is 2.75. The van der Waals surface area contributed by atoms with E-state index in [1.54, 1.807) is 6.20 Å². The van der Waals surface area contributed by atoms with Crippen LogP contribution >= 0.6 is 38.5 Å². The lowest BCUT2D eigenvalue weighted by Gasteiger charge is -2.09. The molecule has 0 saturated heterocycles. The molecule has 0 bridgehead atoms. The Kier molecular flexibility index (Phi) is 3.72. The SMILES string of the molecule is NNc1nc(Nc2ccc(Br)c(I)c2)c2cn[nH]c2n1. The Morgan fingerprint density at radius 2 is 2.15 bits per heavy atom. The molecule has 20 heavy (non-hydrogen) atoms. The van der Waals surface area contributed by atoms with Crippen molar-refractivity contribution in [2.45, 2.75) is 0 Å². The van der Waals surface area contributed by atoms with E-state index in [0.717, 1.165) is 19.1 Å². The number of anilines is 3. The number of rotatable bonds is 3. The number of halogens is 2. The molecule has 3 rings (SSSR count). The quantitative estimate of drug-likeness (QED) is 0.280. The van der Waals surface area contributed by atoms with Gasteiger partial charge < -0.3 is 5.32 Å². The van der Waals surface area contributed by atoms with Crippen molar-refractivity contribution in [3.63, 3.8) is 0 Å². The summed E-state index contributed by atoms with van der Waals surface area (Å²) in [6.07, 6.45) is 1.67. The Hall–Kier alpha value is -1.46. The van der Waals surface area contributed by atoms with Crippen LogP contribution in [0.15, 0.2) is 28.9 Å². The van der Waals surface area contributed by atoms with Gasteiger partial charge in [0, 0.05) is 13.7 Å². The Morgan fingerprint density at radius 3 is 2.90 bits per heavy atom. The molecular weight excluding hydrogens is 437 g/mol. The summed E-state index contributed by atoms with van der Waals surface area (Å²) in [4.78, 5) is 8.48. The van der Waals surface area contributed by atoms with Crippen LogP contribution in [0.3, 0.4) is 0 Å². The lowest BCUT2D eigenvalue weighted by Crippen LogP contribution is -2.11. The molecule has 2 aromatic heterocycles. The maximum absolute atomic E-state index is 5.37. The fourth-order valence-corrected chi connectivity index (χ4v) is 2.47. The van der Waals surface area contributed by atoms with Crippen molar-refractivity contribution in [3.05, 3.63) is 32.4 Å². The lowest BCUT2D eigenvalue weighted by molar-refractivity contribution is 1.08. The lowest BCUT2D eigenvalue weighted by atomic mass is 10.3. The van der Waals surface area contributed by atoms with E-state index in [2.05, 4.69) is 69.4 Å². The number of nitrogens with zero attached hydrogens (tertiary/aromatic N) is 3. The van der Waals surface area contributed by atoms with E-state index in [4.69, 9.17) is 5.84 Å². The summed E-state index contributed by atoms with van der Waals surface area (Å²) in [5.74, 6) is 6.32. The molecule has 0 saturated carbocycles. The highest BCUT2D eigenvalue weighted by Crippen LogP contribution is 2.27. The molecule has 0 spiro atoms. The highest BCUT2D eigenvalue weighted by molar-refractivity contribution is 14.1. The second-order valence-electron chi connectivity index (χ2n) is 3.93. The normalized spacial score (nSPS) is 10.8. The van der Waals surface area contributed by atoms with E-state index in [0.29, 0.717) is 17.4 Å². The summed E-state index contributed by atoms with van der Waals surface area (Å²) in [5.41, 5.74) is 3.97. The van der Waals surface area contributed by atoms with Crippen LogP contribution in [0, 0.1) is 3.57 Å². The molecule has 0 fully saturated rings. The summed E-state index contributed by atoms with van der Waals surface area (Å²) in [5, 5.41) is 10.8. The second kappa shape index (κ2) is 5.50. The number of fused-ring (bicyclic) bond motifs is 1. The average Bonchev–Trinajstić information content (AvgIpc) is 2.91. The van der Waals surface area contributed by atoms with Crippen molar-refractivity contribution >= 4 is 67.0 Å². The van der Waals surface area contributed by atoms with Gasteiger partial charge in [-0.3, -0.25) is 10.5 Å². The molecule has 0 aliphatic carbocycles. The van der Waals surface area contributed by atoms with E-state index in [1.807, 2.05) is 18.2 Å². The van der Waals surface area contributed by atoms with Crippen molar-refractivity contribution in [1.29, 1.82) is 0 Å². The van der Waals surface area contributed by atoms with E-state index in [-0.39, 0.29) is 0 Å². The molecule has 9 heteroatoms. The number of aromatic nitrogens is 4. The highest BCUT2D eigenvalue weighted by atomic mass is 127. The van der Waals surface area contributed by atoms with Crippen LogP contribution in [0.2, 0.25) is 0 Å². The first-order valence-corrected chi connectivity index (χ1v) is 7.44. The smallest absolute Gasteiger partial charge is 0.241 e. The topological polar surface area (TPSA) is 105 Å². The van der Waals surface area contributed by atoms with Gasteiger partial charge in [-0.05, 0) is 56.7 Å². The molecule has 0 aliphatic heterocycles. The first-order chi connectivity index (χ1) is 9.67. The fraction of sp³-hybridized carbons (Fsp3) is 0. The zero-order valence-electron chi connectivity index (χ0n) is 9.98. The summed E-state index contributed by atoms with van der Waals surface area (Å²) in [6.45, 7) is 0. The largest absolute Gasteiger partial charge is 0.339 e. The van der Waals surface area contributed by atoms with Crippen molar-refractivity contribution in [2.75, 3.05) is 10.7 Å². The Bertz CT molecular complexity index is 773.